The van der Waals surface area contributed by atoms with Crippen LogP contribution in [0.25, 0.3) is 0 Å². The van der Waals surface area contributed by atoms with Crippen molar-refractivity contribution >= 4 is 5.91 Å². The van der Waals surface area contributed by atoms with Crippen LogP contribution in [-0.2, 0) is 4.79 Å². The van der Waals surface area contributed by atoms with E-state index in [-0.39, 0.29) is 5.91 Å². The second-order valence-electron chi connectivity index (χ2n) is 5.46. The predicted molar refractivity (Wildman–Crippen MR) is 84.0 cm³/mol. The number of hydrogen-bond acceptors (Lipinski definition) is 1. The van der Waals surface area contributed by atoms with Gasteiger partial charge in [0.15, 0.2) is 0 Å². The third-order valence-corrected chi connectivity index (χ3v) is 3.56. The van der Waals surface area contributed by atoms with Crippen molar-refractivity contribution in [1.82, 2.24) is 0 Å². The highest BCUT2D eigenvalue weighted by molar-refractivity contribution is 5.91. The summed E-state index contributed by atoms with van der Waals surface area (Å²) in [6.07, 6.45) is 16.5. The Morgan fingerprint density at radius 1 is 0.842 bits per heavy atom. The molecule has 1 amide bonds. The fourth-order valence-corrected chi connectivity index (χ4v) is 2.27. The summed E-state index contributed by atoms with van der Waals surface area (Å²) in [7, 11) is 0. The number of primary amides is 1. The summed E-state index contributed by atoms with van der Waals surface area (Å²) in [6.45, 7) is 4.44. The lowest BCUT2D eigenvalue weighted by Crippen LogP contribution is -2.14. The fourth-order valence-electron chi connectivity index (χ4n) is 2.27. The summed E-state index contributed by atoms with van der Waals surface area (Å²) in [5.74, 6) is -0.218. The number of allylic oxidation sites excluding steroid dienone is 1. The second-order valence-corrected chi connectivity index (χ2v) is 5.46. The van der Waals surface area contributed by atoms with Crippen molar-refractivity contribution in [2.45, 2.75) is 90.9 Å². The molecule has 0 aromatic carbocycles. The van der Waals surface area contributed by atoms with Gasteiger partial charge in [-0.25, -0.2) is 0 Å². The van der Waals surface area contributed by atoms with Crippen molar-refractivity contribution < 1.29 is 4.79 Å². The van der Waals surface area contributed by atoms with Crippen molar-refractivity contribution in [3.63, 3.8) is 0 Å². The van der Waals surface area contributed by atoms with Gasteiger partial charge in [0, 0.05) is 5.57 Å². The Morgan fingerprint density at radius 2 is 1.37 bits per heavy atom. The van der Waals surface area contributed by atoms with Gasteiger partial charge in [-0.1, -0.05) is 71.3 Å². The number of rotatable bonds is 13. The first-order chi connectivity index (χ1) is 9.22. The average molecular weight is 267 g/mol. The van der Waals surface area contributed by atoms with E-state index in [0.29, 0.717) is 0 Å². The van der Waals surface area contributed by atoms with E-state index >= 15 is 0 Å². The standard InChI is InChI=1S/C17H33NO/c1-3-5-7-9-11-13-15-16(17(18)19)14-12-10-8-6-4-2/h15H,3-14H2,1-2H3,(H2,18,19)/b16-15+. The lowest BCUT2D eigenvalue weighted by atomic mass is 10.0. The van der Waals surface area contributed by atoms with Gasteiger partial charge in [0.1, 0.15) is 0 Å². The van der Waals surface area contributed by atoms with Crippen LogP contribution in [0.1, 0.15) is 90.9 Å². The normalized spacial score (nSPS) is 11.8. The molecule has 2 N–H and O–H groups in total. The molecule has 2 nitrogen and oxygen atoms in total. The molecule has 0 radical (unpaired) electrons. The van der Waals surface area contributed by atoms with Crippen LogP contribution in [0.2, 0.25) is 0 Å². The van der Waals surface area contributed by atoms with Gasteiger partial charge >= 0.3 is 0 Å². The Labute approximate surface area is 119 Å². The molecule has 0 saturated heterocycles. The van der Waals surface area contributed by atoms with E-state index in [1.54, 1.807) is 0 Å². The molecule has 0 atom stereocenters. The molecule has 0 heterocycles. The second kappa shape index (κ2) is 13.6. The zero-order valence-electron chi connectivity index (χ0n) is 13.0. The van der Waals surface area contributed by atoms with Crippen LogP contribution in [0.4, 0.5) is 0 Å². The van der Waals surface area contributed by atoms with Crippen molar-refractivity contribution in [1.29, 1.82) is 0 Å². The number of amides is 1. The summed E-state index contributed by atoms with van der Waals surface area (Å²) in [5.41, 5.74) is 6.29. The van der Waals surface area contributed by atoms with Gasteiger partial charge in [-0.3, -0.25) is 4.79 Å². The molecule has 0 aliphatic rings. The third-order valence-electron chi connectivity index (χ3n) is 3.56. The Morgan fingerprint density at radius 3 is 1.89 bits per heavy atom. The van der Waals surface area contributed by atoms with Gasteiger partial charge < -0.3 is 5.73 Å². The number of carbonyl (C=O) groups is 1. The number of carbonyl (C=O) groups excluding carboxylic acids is 1. The first-order valence-corrected chi connectivity index (χ1v) is 8.21. The molecule has 0 fully saturated rings. The van der Waals surface area contributed by atoms with Crippen LogP contribution in [0.5, 0.6) is 0 Å². The number of unbranched alkanes of at least 4 members (excludes halogenated alkanes) is 9. The SMILES string of the molecule is CCCCCCC/C=C(\CCCCCCC)C(N)=O. The minimum absolute atomic E-state index is 0.218. The molecule has 0 aliphatic heterocycles. The smallest absolute Gasteiger partial charge is 0.244 e. The largest absolute Gasteiger partial charge is 0.366 e. The lowest BCUT2D eigenvalue weighted by Gasteiger charge is -2.04. The summed E-state index contributed by atoms with van der Waals surface area (Å²) in [4.78, 5) is 11.3. The molecule has 112 valence electrons. The Hall–Kier alpha value is -0.790. The maximum absolute atomic E-state index is 11.3. The summed E-state index contributed by atoms with van der Waals surface area (Å²) < 4.78 is 0. The number of nitrogens with two attached hydrogens (primary N) is 1. The molecule has 0 unspecified atom stereocenters. The molecule has 0 aliphatic carbocycles. The zero-order chi connectivity index (χ0) is 14.3. The Kier molecular flexibility index (Phi) is 13.1. The topological polar surface area (TPSA) is 43.1 Å². The van der Waals surface area contributed by atoms with Crippen molar-refractivity contribution in [3.05, 3.63) is 11.6 Å². The maximum atomic E-state index is 11.3. The minimum atomic E-state index is -0.218. The van der Waals surface area contributed by atoms with Crippen LogP contribution in [0.3, 0.4) is 0 Å². The van der Waals surface area contributed by atoms with Crippen LogP contribution in [-0.4, -0.2) is 5.91 Å². The Balaban J connectivity index is 3.74. The van der Waals surface area contributed by atoms with E-state index in [9.17, 15) is 4.79 Å². The van der Waals surface area contributed by atoms with E-state index in [1.165, 1.54) is 57.8 Å². The van der Waals surface area contributed by atoms with Gasteiger partial charge in [-0.2, -0.15) is 0 Å². The van der Waals surface area contributed by atoms with Gasteiger partial charge in [-0.05, 0) is 25.7 Å². The number of hydrogen-bond donors (Lipinski definition) is 1. The molecule has 0 aromatic heterocycles. The zero-order valence-corrected chi connectivity index (χ0v) is 13.0. The van der Waals surface area contributed by atoms with E-state index in [1.807, 2.05) is 0 Å². The molecule has 0 saturated carbocycles. The highest BCUT2D eigenvalue weighted by atomic mass is 16.1. The molecular weight excluding hydrogens is 234 g/mol. The van der Waals surface area contributed by atoms with Crippen molar-refractivity contribution in [2.24, 2.45) is 5.73 Å². The highest BCUT2D eigenvalue weighted by Gasteiger charge is 2.03. The van der Waals surface area contributed by atoms with Crippen LogP contribution < -0.4 is 5.73 Å². The third kappa shape index (κ3) is 12.0. The highest BCUT2D eigenvalue weighted by Crippen LogP contribution is 2.13. The van der Waals surface area contributed by atoms with Crippen molar-refractivity contribution in [2.75, 3.05) is 0 Å². The fraction of sp³-hybridized carbons (Fsp3) is 0.824. The average Bonchev–Trinajstić information content (AvgIpc) is 2.39. The van der Waals surface area contributed by atoms with Crippen LogP contribution >= 0.6 is 0 Å². The van der Waals surface area contributed by atoms with Crippen LogP contribution in [0.15, 0.2) is 11.6 Å². The molecule has 0 rings (SSSR count). The first kappa shape index (κ1) is 18.2. The molecule has 0 aromatic rings. The molecule has 19 heavy (non-hydrogen) atoms. The van der Waals surface area contributed by atoms with Crippen LogP contribution in [0, 0.1) is 0 Å². The van der Waals surface area contributed by atoms with E-state index in [2.05, 4.69) is 19.9 Å². The summed E-state index contributed by atoms with van der Waals surface area (Å²) in [6, 6.07) is 0. The molecule has 2 heteroatoms. The first-order valence-electron chi connectivity index (χ1n) is 8.21. The van der Waals surface area contributed by atoms with Gasteiger partial charge in [0.05, 0.1) is 0 Å². The quantitative estimate of drug-likeness (QED) is 0.365. The maximum Gasteiger partial charge on any atom is 0.244 e. The van der Waals surface area contributed by atoms with Crippen molar-refractivity contribution in [3.8, 4) is 0 Å². The monoisotopic (exact) mass is 267 g/mol. The molecular formula is C17H33NO. The summed E-state index contributed by atoms with van der Waals surface area (Å²) in [5, 5.41) is 0. The van der Waals surface area contributed by atoms with Gasteiger partial charge in [0.25, 0.3) is 0 Å². The summed E-state index contributed by atoms with van der Waals surface area (Å²) >= 11 is 0. The van der Waals surface area contributed by atoms with E-state index < -0.39 is 0 Å². The van der Waals surface area contributed by atoms with E-state index in [0.717, 1.165) is 24.8 Å². The lowest BCUT2D eigenvalue weighted by molar-refractivity contribution is -0.114. The predicted octanol–water partition coefficient (Wildman–Crippen LogP) is 5.12. The Bertz CT molecular complexity index is 246. The van der Waals surface area contributed by atoms with Gasteiger partial charge in [0.2, 0.25) is 5.91 Å². The van der Waals surface area contributed by atoms with E-state index in [4.69, 9.17) is 5.73 Å². The van der Waals surface area contributed by atoms with Gasteiger partial charge in [-0.15, -0.1) is 0 Å². The molecule has 0 spiro atoms. The molecule has 0 bridgehead atoms. The minimum Gasteiger partial charge on any atom is -0.366 e.